The van der Waals surface area contributed by atoms with Gasteiger partial charge in [0.05, 0.1) is 17.8 Å². The molecule has 3 rings (SSSR count). The van der Waals surface area contributed by atoms with E-state index in [1.54, 1.807) is 43.6 Å². The molecule has 0 saturated carbocycles. The van der Waals surface area contributed by atoms with Gasteiger partial charge in [-0.05, 0) is 31.2 Å². The number of anilines is 1. The lowest BCUT2D eigenvalue weighted by molar-refractivity contribution is 0.103. The Labute approximate surface area is 147 Å². The van der Waals surface area contributed by atoms with Crippen molar-refractivity contribution >= 4 is 34.5 Å². The molecule has 8 heteroatoms. The molecule has 0 radical (unpaired) electrons. The van der Waals surface area contributed by atoms with Crippen molar-refractivity contribution in [2.24, 2.45) is 0 Å². The first-order valence-corrected chi connectivity index (χ1v) is 8.17. The Morgan fingerprint density at radius 2 is 2.04 bits per heavy atom. The molecule has 3 aromatic rings. The van der Waals surface area contributed by atoms with Crippen LogP contribution in [-0.2, 0) is 0 Å². The van der Waals surface area contributed by atoms with Gasteiger partial charge < -0.3 is 10.1 Å². The first-order chi connectivity index (χ1) is 11.6. The quantitative estimate of drug-likeness (QED) is 0.765. The van der Waals surface area contributed by atoms with Gasteiger partial charge in [-0.25, -0.2) is 15.0 Å². The second kappa shape index (κ2) is 6.94. The number of nitrogens with zero attached hydrogens (tertiary/aromatic N) is 3. The summed E-state index contributed by atoms with van der Waals surface area (Å²) in [6, 6.07) is 6.78. The summed E-state index contributed by atoms with van der Waals surface area (Å²) in [6.07, 6.45) is 3.27. The monoisotopic (exact) mass is 360 g/mol. The van der Waals surface area contributed by atoms with Gasteiger partial charge in [-0.3, -0.25) is 4.79 Å². The fourth-order valence-corrected chi connectivity index (χ4v) is 3.21. The average Bonchev–Trinajstić information content (AvgIpc) is 2.98. The second-order valence-electron chi connectivity index (χ2n) is 4.81. The molecule has 0 aliphatic heterocycles. The van der Waals surface area contributed by atoms with Gasteiger partial charge in [0, 0.05) is 18.1 Å². The summed E-state index contributed by atoms with van der Waals surface area (Å²) in [7, 11) is 1.54. The molecule has 1 aromatic carbocycles. The van der Waals surface area contributed by atoms with Crippen molar-refractivity contribution in [3.8, 4) is 16.6 Å². The highest BCUT2D eigenvalue weighted by atomic mass is 35.5. The molecule has 0 spiro atoms. The number of thiazole rings is 1. The van der Waals surface area contributed by atoms with E-state index in [1.165, 1.54) is 18.4 Å². The molecule has 122 valence electrons. The Bertz CT molecular complexity index is 883. The maximum atomic E-state index is 12.5. The molecule has 6 nitrogen and oxygen atoms in total. The van der Waals surface area contributed by atoms with Crippen molar-refractivity contribution in [2.45, 2.75) is 6.92 Å². The highest BCUT2D eigenvalue weighted by Gasteiger charge is 2.18. The number of methoxy groups -OCH3 is 1. The molecule has 24 heavy (non-hydrogen) atoms. The molecule has 2 aromatic heterocycles. The van der Waals surface area contributed by atoms with Crippen LogP contribution in [0.25, 0.3) is 10.8 Å². The lowest BCUT2D eigenvalue weighted by atomic mass is 10.3. The number of ether oxygens (including phenoxy) is 1. The van der Waals surface area contributed by atoms with E-state index in [4.69, 9.17) is 16.3 Å². The summed E-state index contributed by atoms with van der Waals surface area (Å²) >= 11 is 7.32. The van der Waals surface area contributed by atoms with E-state index in [1.807, 2.05) is 0 Å². The number of rotatable bonds is 4. The minimum absolute atomic E-state index is 0.256. The first-order valence-electron chi connectivity index (χ1n) is 6.98. The zero-order valence-corrected chi connectivity index (χ0v) is 14.5. The summed E-state index contributed by atoms with van der Waals surface area (Å²) in [5.41, 5.74) is 1.20. The zero-order valence-electron chi connectivity index (χ0n) is 12.9. The van der Waals surface area contributed by atoms with Crippen LogP contribution in [-0.4, -0.2) is 28.0 Å². The molecule has 0 aliphatic rings. The van der Waals surface area contributed by atoms with E-state index < -0.39 is 0 Å². The third-order valence-electron chi connectivity index (χ3n) is 3.17. The SMILES string of the molecule is COc1ccc(NC(=O)c2sc(-c3ncccn3)nc2C)cc1Cl. The van der Waals surface area contributed by atoms with Crippen molar-refractivity contribution in [1.82, 2.24) is 15.0 Å². The lowest BCUT2D eigenvalue weighted by Gasteiger charge is -2.07. The molecule has 2 heterocycles. The number of nitrogens with one attached hydrogen (secondary N) is 1. The van der Waals surface area contributed by atoms with Crippen LogP contribution in [0.5, 0.6) is 5.75 Å². The summed E-state index contributed by atoms with van der Waals surface area (Å²) in [4.78, 5) is 25.7. The van der Waals surface area contributed by atoms with Gasteiger partial charge in [-0.1, -0.05) is 11.6 Å². The highest BCUT2D eigenvalue weighted by molar-refractivity contribution is 7.17. The molecular formula is C16H13ClN4O2S. The van der Waals surface area contributed by atoms with E-state index in [0.29, 0.717) is 37.9 Å². The van der Waals surface area contributed by atoms with Crippen molar-refractivity contribution in [1.29, 1.82) is 0 Å². The third kappa shape index (κ3) is 3.37. The lowest BCUT2D eigenvalue weighted by Crippen LogP contribution is -2.11. The fourth-order valence-electron chi connectivity index (χ4n) is 2.04. The van der Waals surface area contributed by atoms with E-state index in [-0.39, 0.29) is 5.91 Å². The number of benzene rings is 1. The maximum Gasteiger partial charge on any atom is 0.267 e. The van der Waals surface area contributed by atoms with Crippen LogP contribution in [0.2, 0.25) is 5.02 Å². The number of hydrogen-bond acceptors (Lipinski definition) is 6. The minimum atomic E-state index is -0.256. The second-order valence-corrected chi connectivity index (χ2v) is 6.22. The molecule has 1 N–H and O–H groups in total. The van der Waals surface area contributed by atoms with Crippen LogP contribution in [0.3, 0.4) is 0 Å². The van der Waals surface area contributed by atoms with Crippen molar-refractivity contribution in [2.75, 3.05) is 12.4 Å². The third-order valence-corrected chi connectivity index (χ3v) is 4.62. The number of aryl methyl sites for hydroxylation is 1. The van der Waals surface area contributed by atoms with Gasteiger partial charge in [0.1, 0.15) is 10.6 Å². The topological polar surface area (TPSA) is 77.0 Å². The van der Waals surface area contributed by atoms with E-state index in [9.17, 15) is 4.79 Å². The van der Waals surface area contributed by atoms with E-state index in [0.717, 1.165) is 0 Å². The average molecular weight is 361 g/mol. The number of carbonyl (C=O) groups is 1. The van der Waals surface area contributed by atoms with Gasteiger partial charge in [0.15, 0.2) is 10.8 Å². The maximum absolute atomic E-state index is 12.5. The Morgan fingerprint density at radius 3 is 2.71 bits per heavy atom. The highest BCUT2D eigenvalue weighted by Crippen LogP contribution is 2.29. The molecule has 1 amide bonds. The largest absolute Gasteiger partial charge is 0.495 e. The molecular weight excluding hydrogens is 348 g/mol. The zero-order chi connectivity index (χ0) is 17.1. The fraction of sp³-hybridized carbons (Fsp3) is 0.125. The standard InChI is InChI=1S/C16H13ClN4O2S/c1-9-13(24-16(20-9)14-18-6-3-7-19-14)15(22)21-10-4-5-12(23-2)11(17)8-10/h3-8H,1-2H3,(H,21,22). The van der Waals surface area contributed by atoms with Crippen molar-refractivity contribution in [3.05, 3.63) is 52.3 Å². The smallest absolute Gasteiger partial charge is 0.267 e. The molecule has 0 saturated heterocycles. The number of carbonyl (C=O) groups excluding carboxylic acids is 1. The van der Waals surface area contributed by atoms with Crippen LogP contribution in [0.1, 0.15) is 15.4 Å². The van der Waals surface area contributed by atoms with Crippen LogP contribution >= 0.6 is 22.9 Å². The van der Waals surface area contributed by atoms with Gasteiger partial charge in [-0.15, -0.1) is 11.3 Å². The molecule has 0 unspecified atom stereocenters. The minimum Gasteiger partial charge on any atom is -0.495 e. The van der Waals surface area contributed by atoms with Crippen LogP contribution in [0.4, 0.5) is 5.69 Å². The Kier molecular flexibility index (Phi) is 4.73. The Morgan fingerprint density at radius 1 is 1.29 bits per heavy atom. The Balaban J connectivity index is 1.83. The predicted octanol–water partition coefficient (Wildman–Crippen LogP) is 3.82. The normalized spacial score (nSPS) is 10.5. The van der Waals surface area contributed by atoms with Crippen molar-refractivity contribution in [3.63, 3.8) is 0 Å². The number of hydrogen-bond donors (Lipinski definition) is 1. The van der Waals surface area contributed by atoms with Crippen LogP contribution in [0, 0.1) is 6.92 Å². The number of amides is 1. The van der Waals surface area contributed by atoms with Gasteiger partial charge in [-0.2, -0.15) is 0 Å². The Hall–Kier alpha value is -2.51. The summed E-state index contributed by atoms with van der Waals surface area (Å²) in [5.74, 6) is 0.790. The molecule has 0 atom stereocenters. The number of halogens is 1. The summed E-state index contributed by atoms with van der Waals surface area (Å²) < 4.78 is 5.09. The summed E-state index contributed by atoms with van der Waals surface area (Å²) in [6.45, 7) is 1.78. The van der Waals surface area contributed by atoms with Crippen LogP contribution in [0.15, 0.2) is 36.7 Å². The van der Waals surface area contributed by atoms with E-state index >= 15 is 0 Å². The molecule has 0 bridgehead atoms. The predicted molar refractivity (Wildman–Crippen MR) is 93.8 cm³/mol. The molecule has 0 aliphatic carbocycles. The van der Waals surface area contributed by atoms with E-state index in [2.05, 4.69) is 20.3 Å². The van der Waals surface area contributed by atoms with Gasteiger partial charge in [0.25, 0.3) is 5.91 Å². The van der Waals surface area contributed by atoms with Crippen LogP contribution < -0.4 is 10.1 Å². The summed E-state index contributed by atoms with van der Waals surface area (Å²) in [5, 5.41) is 3.84. The van der Waals surface area contributed by atoms with Crippen molar-refractivity contribution < 1.29 is 9.53 Å². The van der Waals surface area contributed by atoms with Gasteiger partial charge in [0.2, 0.25) is 0 Å². The first kappa shape index (κ1) is 16.4. The van der Waals surface area contributed by atoms with Gasteiger partial charge >= 0.3 is 0 Å². The molecule has 0 fully saturated rings. The number of aromatic nitrogens is 3.